The zero-order valence-corrected chi connectivity index (χ0v) is 28.8. The summed E-state index contributed by atoms with van der Waals surface area (Å²) < 4.78 is 10.3. The molecule has 0 spiro atoms. The van der Waals surface area contributed by atoms with Crippen molar-refractivity contribution in [2.24, 2.45) is 0 Å². The quantitative estimate of drug-likeness (QED) is 0.379. The van der Waals surface area contributed by atoms with E-state index in [-0.39, 0.29) is 42.0 Å². The molecule has 50 heavy (non-hydrogen) atoms. The molecule has 4 amide bonds. The summed E-state index contributed by atoms with van der Waals surface area (Å²) in [4.78, 5) is 56.8. The van der Waals surface area contributed by atoms with Gasteiger partial charge in [0.25, 0.3) is 11.8 Å². The van der Waals surface area contributed by atoms with Gasteiger partial charge in [-0.2, -0.15) is 0 Å². The number of nitrogens with zero attached hydrogens (tertiary/aromatic N) is 4. The van der Waals surface area contributed by atoms with Crippen LogP contribution in [0.15, 0.2) is 49.6 Å². The van der Waals surface area contributed by atoms with Gasteiger partial charge in [0.1, 0.15) is 19.0 Å². The maximum atomic E-state index is 13.1. The van der Waals surface area contributed by atoms with Crippen molar-refractivity contribution in [3.8, 4) is 5.75 Å². The van der Waals surface area contributed by atoms with Crippen LogP contribution in [0.25, 0.3) is 0 Å². The molecule has 4 atom stereocenters. The van der Waals surface area contributed by atoms with Crippen molar-refractivity contribution < 1.29 is 44.0 Å². The molecule has 268 valence electrons. The van der Waals surface area contributed by atoms with Crippen LogP contribution in [0.3, 0.4) is 0 Å². The Morgan fingerprint density at radius 2 is 1.14 bits per heavy atom. The van der Waals surface area contributed by atoms with E-state index >= 15 is 0 Å². The van der Waals surface area contributed by atoms with E-state index in [0.29, 0.717) is 42.7 Å². The van der Waals surface area contributed by atoms with E-state index < -0.39 is 36.7 Å². The topological polar surface area (TPSA) is 160 Å². The van der Waals surface area contributed by atoms with Crippen LogP contribution < -0.4 is 9.80 Å². The second-order valence-electron chi connectivity index (χ2n) is 13.0. The molecular formula is C37H46N4O9. The van der Waals surface area contributed by atoms with Crippen LogP contribution >= 0.6 is 0 Å². The molecule has 0 saturated carbocycles. The molecule has 4 heterocycles. The zero-order valence-electron chi connectivity index (χ0n) is 28.8. The number of aliphatic hydroxyl groups is 2. The first-order valence-electron chi connectivity index (χ1n) is 17.0. The number of carbonyl (C=O) groups excluding carboxylic acids is 4. The first-order valence-corrected chi connectivity index (χ1v) is 17.0. The molecular weight excluding hydrogens is 644 g/mol. The molecule has 4 aliphatic rings. The molecule has 0 aliphatic carbocycles. The Hall–Kier alpha value is -4.88. The van der Waals surface area contributed by atoms with Gasteiger partial charge in [-0.05, 0) is 94.2 Å². The highest BCUT2D eigenvalue weighted by molar-refractivity contribution is 6.06. The third kappa shape index (κ3) is 6.92. The Kier molecular flexibility index (Phi) is 11.2. The number of phenols is 1. The Morgan fingerprint density at radius 1 is 0.720 bits per heavy atom. The molecule has 0 aromatic heterocycles. The van der Waals surface area contributed by atoms with Gasteiger partial charge >= 0.3 is 12.2 Å². The molecule has 6 rings (SSSR count). The van der Waals surface area contributed by atoms with Gasteiger partial charge in [-0.3, -0.25) is 9.59 Å². The summed E-state index contributed by atoms with van der Waals surface area (Å²) in [6.45, 7) is 13.7. The van der Waals surface area contributed by atoms with Crippen LogP contribution in [0.1, 0.15) is 75.9 Å². The first-order chi connectivity index (χ1) is 23.9. The Morgan fingerprint density at radius 3 is 1.60 bits per heavy atom. The summed E-state index contributed by atoms with van der Waals surface area (Å²) in [5, 5.41) is 31.9. The summed E-state index contributed by atoms with van der Waals surface area (Å²) in [6, 6.07) is 5.52. The number of hydrogen-bond donors (Lipinski definition) is 3. The molecule has 13 nitrogen and oxygen atoms in total. The maximum Gasteiger partial charge on any atom is 0.416 e. The van der Waals surface area contributed by atoms with Crippen LogP contribution in [0.4, 0.5) is 21.0 Å². The monoisotopic (exact) mass is 690 g/mol. The number of amides is 4. The number of piperidine rings is 2. The molecule has 2 saturated heterocycles. The lowest BCUT2D eigenvalue weighted by atomic mass is 10.00. The van der Waals surface area contributed by atoms with Crippen LogP contribution in [0, 0.1) is 20.8 Å². The van der Waals surface area contributed by atoms with Crippen LogP contribution in [-0.2, 0) is 9.47 Å². The number of carbonyl (C=O) groups is 4. The van der Waals surface area contributed by atoms with E-state index in [1.165, 1.54) is 23.1 Å². The number of anilines is 2. The summed E-state index contributed by atoms with van der Waals surface area (Å²) in [7, 11) is 0. The van der Waals surface area contributed by atoms with Gasteiger partial charge in [0.2, 0.25) is 0 Å². The lowest BCUT2D eigenvalue weighted by Crippen LogP contribution is -2.55. The minimum Gasteiger partial charge on any atom is -0.508 e. The molecule has 2 unspecified atom stereocenters. The molecule has 2 aromatic carbocycles. The predicted molar refractivity (Wildman–Crippen MR) is 186 cm³/mol. The molecule has 13 heteroatoms. The molecule has 2 fully saturated rings. The predicted octanol–water partition coefficient (Wildman–Crippen LogP) is 4.92. The molecule has 0 radical (unpaired) electrons. The van der Waals surface area contributed by atoms with Gasteiger partial charge in [0.15, 0.2) is 12.5 Å². The second kappa shape index (κ2) is 15.3. The van der Waals surface area contributed by atoms with Crippen LogP contribution in [0.2, 0.25) is 0 Å². The maximum absolute atomic E-state index is 13.1. The number of aryl methyl sites for hydroxylation is 3. The number of benzene rings is 2. The fraction of sp³-hybridized carbons (Fsp3) is 0.459. The van der Waals surface area contributed by atoms with Crippen molar-refractivity contribution >= 4 is 35.4 Å². The third-order valence-corrected chi connectivity index (χ3v) is 9.79. The standard InChI is InChI=1S/C19H24N2O4.C18H22N2O5/c1-4-9-25-19(24)21-16-11-13(3)12(2)10-14(16)17(22)20-8-6-5-7-15(20)18(21)23;1-3-8-25-18(24)20-14-10-15(21)11(2)9-12(14)16(22)19-7-5-4-6-13(19)17(20)23/h4,10-11,15,18,23H,1,5-9H2,2-3H3;3,9-10,13,17,21,23H,1,4-8H2,2H3/t15-,18?;13-,17?/m00/s1. The average Bonchev–Trinajstić information content (AvgIpc) is 3.25. The van der Waals surface area contributed by atoms with Crippen molar-refractivity contribution in [2.45, 2.75) is 83.8 Å². The van der Waals surface area contributed by atoms with Gasteiger partial charge in [-0.15, -0.1) is 0 Å². The Balaban J connectivity index is 0.000000194. The molecule has 4 aliphatic heterocycles. The van der Waals surface area contributed by atoms with E-state index in [2.05, 4.69) is 13.2 Å². The fourth-order valence-corrected chi connectivity index (χ4v) is 7.02. The Bertz CT molecular complexity index is 1550. The number of ether oxygens (including phenoxy) is 2. The van der Waals surface area contributed by atoms with Crippen molar-refractivity contribution in [1.82, 2.24) is 9.80 Å². The largest absolute Gasteiger partial charge is 0.508 e. The summed E-state index contributed by atoms with van der Waals surface area (Å²) >= 11 is 0. The van der Waals surface area contributed by atoms with Crippen molar-refractivity contribution in [1.29, 1.82) is 0 Å². The molecule has 0 bridgehead atoms. The van der Waals surface area contributed by atoms with Crippen molar-refractivity contribution in [3.05, 3.63) is 77.4 Å². The SMILES string of the molecule is C=CCOC(=O)N1c2cc(C)c(C)cc2C(=O)N2CCCC[C@H]2C1O.C=CCOC(=O)N1c2cc(O)c(C)cc2C(=O)N2CCCC[C@H]2C1O. The van der Waals surface area contributed by atoms with E-state index in [1.54, 1.807) is 34.9 Å². The Labute approximate surface area is 292 Å². The van der Waals surface area contributed by atoms with Crippen LogP contribution in [-0.4, -0.2) is 100.0 Å². The van der Waals surface area contributed by atoms with Crippen molar-refractivity contribution in [3.63, 3.8) is 0 Å². The number of rotatable bonds is 4. The summed E-state index contributed by atoms with van der Waals surface area (Å²) in [6.07, 6.45) is 3.84. The van der Waals surface area contributed by atoms with E-state index in [9.17, 15) is 34.5 Å². The van der Waals surface area contributed by atoms with Gasteiger partial charge in [0.05, 0.1) is 34.6 Å². The lowest BCUT2D eigenvalue weighted by Gasteiger charge is -2.38. The highest BCUT2D eigenvalue weighted by Crippen LogP contribution is 2.38. The molecule has 2 aromatic rings. The van der Waals surface area contributed by atoms with Crippen molar-refractivity contribution in [2.75, 3.05) is 36.1 Å². The lowest BCUT2D eigenvalue weighted by molar-refractivity contribution is 0.0233. The minimum absolute atomic E-state index is 0.0163. The second-order valence-corrected chi connectivity index (χ2v) is 13.0. The zero-order chi connectivity index (χ0) is 36.3. The summed E-state index contributed by atoms with van der Waals surface area (Å²) in [5.41, 5.74) is 3.71. The third-order valence-electron chi connectivity index (χ3n) is 9.79. The minimum atomic E-state index is -1.25. The van der Waals surface area contributed by atoms with Gasteiger partial charge in [0, 0.05) is 19.2 Å². The van der Waals surface area contributed by atoms with Gasteiger partial charge < -0.3 is 34.6 Å². The number of hydrogen-bond acceptors (Lipinski definition) is 9. The summed E-state index contributed by atoms with van der Waals surface area (Å²) in [5.74, 6) is -0.443. The van der Waals surface area contributed by atoms with Crippen LogP contribution in [0.5, 0.6) is 5.75 Å². The van der Waals surface area contributed by atoms with Gasteiger partial charge in [-0.25, -0.2) is 19.4 Å². The average molecular weight is 691 g/mol. The number of aliphatic hydroxyl groups excluding tert-OH is 2. The van der Waals surface area contributed by atoms with Gasteiger partial charge in [-0.1, -0.05) is 25.3 Å². The van der Waals surface area contributed by atoms with E-state index in [1.807, 2.05) is 13.8 Å². The highest BCUT2D eigenvalue weighted by atomic mass is 16.6. The first kappa shape index (κ1) is 36.4. The van der Waals surface area contributed by atoms with E-state index in [4.69, 9.17) is 9.47 Å². The number of phenolic OH excluding ortho intramolecular Hbond substituents is 1. The van der Waals surface area contributed by atoms with E-state index in [0.717, 1.165) is 41.7 Å². The highest BCUT2D eigenvalue weighted by Gasteiger charge is 2.45. The fourth-order valence-electron chi connectivity index (χ4n) is 7.02. The number of aromatic hydroxyl groups is 1. The number of fused-ring (bicyclic) bond motifs is 4. The normalized spacial score (nSPS) is 22.7. The smallest absolute Gasteiger partial charge is 0.416 e. The molecule has 3 N–H and O–H groups in total.